The number of nitrogens with zero attached hydrogens (tertiary/aromatic N) is 3. The number of pyridine rings is 1. The Morgan fingerprint density at radius 3 is 2.72 bits per heavy atom. The summed E-state index contributed by atoms with van der Waals surface area (Å²) in [5.41, 5.74) is 0.918. The largest absolute Gasteiger partial charge is 0.452 e. The fraction of sp³-hybridized carbons (Fsp3) is 0.125. The van der Waals surface area contributed by atoms with E-state index < -0.39 is 11.7 Å². The molecule has 0 aliphatic rings. The topological polar surface area (TPSA) is 78.1 Å². The molecule has 6 nitrogen and oxygen atoms in total. The highest BCUT2D eigenvalue weighted by molar-refractivity contribution is 7.99. The van der Waals surface area contributed by atoms with Crippen LogP contribution >= 0.6 is 11.8 Å². The van der Waals surface area contributed by atoms with Crippen LogP contribution < -0.4 is 0 Å². The van der Waals surface area contributed by atoms with Gasteiger partial charge in [0.05, 0.1) is 5.56 Å². The van der Waals surface area contributed by atoms with Crippen LogP contribution in [0.3, 0.4) is 0 Å². The molecule has 128 valence electrons. The van der Waals surface area contributed by atoms with E-state index in [4.69, 9.17) is 9.26 Å². The molecule has 0 atom stereocenters. The van der Waals surface area contributed by atoms with Crippen molar-refractivity contribution in [1.29, 1.82) is 0 Å². The van der Waals surface area contributed by atoms with Crippen molar-refractivity contribution >= 4 is 17.7 Å². The van der Waals surface area contributed by atoms with Crippen LogP contribution in [0.1, 0.15) is 16.2 Å². The van der Waals surface area contributed by atoms with Crippen molar-refractivity contribution in [2.45, 2.75) is 17.3 Å². The second kappa shape index (κ2) is 7.84. The molecule has 25 heavy (non-hydrogen) atoms. The summed E-state index contributed by atoms with van der Waals surface area (Å²) in [6.07, 6.45) is 3.21. The molecule has 3 rings (SSSR count). The van der Waals surface area contributed by atoms with Gasteiger partial charge in [0.2, 0.25) is 5.82 Å². The number of aromatic nitrogens is 3. The van der Waals surface area contributed by atoms with Gasteiger partial charge < -0.3 is 9.26 Å². The number of halogens is 2. The summed E-state index contributed by atoms with van der Waals surface area (Å²) in [6, 6.07) is 9.21. The Morgan fingerprint density at radius 1 is 1.24 bits per heavy atom. The molecule has 0 fully saturated rings. The molecule has 0 aliphatic heterocycles. The highest BCUT2D eigenvalue weighted by atomic mass is 32.2. The lowest BCUT2D eigenvalue weighted by Crippen LogP contribution is -2.05. The molecular weight excluding hydrogens is 352 g/mol. The smallest absolute Gasteiger partial charge is 0.338 e. The Bertz CT molecular complexity index is 841. The van der Waals surface area contributed by atoms with Gasteiger partial charge in [-0.1, -0.05) is 16.9 Å². The Hall–Kier alpha value is -2.81. The highest BCUT2D eigenvalue weighted by Gasteiger charge is 2.13. The summed E-state index contributed by atoms with van der Waals surface area (Å²) in [5.74, 6) is -2.65. The summed E-state index contributed by atoms with van der Waals surface area (Å²) in [5, 5.41) is 3.79. The van der Waals surface area contributed by atoms with E-state index in [1.165, 1.54) is 24.3 Å². The first-order valence-electron chi connectivity index (χ1n) is 7.07. The van der Waals surface area contributed by atoms with Crippen molar-refractivity contribution in [3.05, 3.63) is 60.2 Å². The summed E-state index contributed by atoms with van der Waals surface area (Å²) in [7, 11) is 0. The molecule has 0 bridgehead atoms. The molecule has 0 aliphatic carbocycles. The van der Waals surface area contributed by atoms with E-state index in [0.29, 0.717) is 28.0 Å². The van der Waals surface area contributed by atoms with Crippen molar-refractivity contribution < 1.29 is 22.8 Å². The molecule has 0 radical (unpaired) electrons. The Labute approximate surface area is 145 Å². The lowest BCUT2D eigenvalue weighted by molar-refractivity contribution is 0.0429. The third-order valence-corrected chi connectivity index (χ3v) is 3.75. The average Bonchev–Trinajstić information content (AvgIpc) is 3.10. The standard InChI is InChI=1S/C16H11F2N3O3S/c17-16(18)25-12-5-3-10(4-6-12)15(22)23-9-13-20-14(21-24-13)11-2-1-7-19-8-11/h1-8,16H,9H2. The van der Waals surface area contributed by atoms with Crippen LogP contribution in [-0.2, 0) is 11.3 Å². The third kappa shape index (κ3) is 4.60. The third-order valence-electron chi connectivity index (χ3n) is 3.03. The van der Waals surface area contributed by atoms with Gasteiger partial charge in [0, 0.05) is 22.9 Å². The highest BCUT2D eigenvalue weighted by Crippen LogP contribution is 2.25. The van der Waals surface area contributed by atoms with Crippen LogP contribution in [0.15, 0.2) is 58.2 Å². The molecule has 1 aromatic carbocycles. The molecule has 0 spiro atoms. The fourth-order valence-electron chi connectivity index (χ4n) is 1.91. The Kier molecular flexibility index (Phi) is 5.34. The summed E-state index contributed by atoms with van der Waals surface area (Å²) in [4.78, 5) is 20.4. The minimum Gasteiger partial charge on any atom is -0.452 e. The van der Waals surface area contributed by atoms with Gasteiger partial charge in [0.25, 0.3) is 11.6 Å². The number of hydrogen-bond acceptors (Lipinski definition) is 7. The molecule has 2 heterocycles. The van der Waals surface area contributed by atoms with E-state index in [1.807, 2.05) is 0 Å². The van der Waals surface area contributed by atoms with E-state index in [-0.39, 0.29) is 18.1 Å². The minimum atomic E-state index is -2.51. The number of alkyl halides is 2. The first-order chi connectivity index (χ1) is 12.1. The van der Waals surface area contributed by atoms with E-state index in [2.05, 4.69) is 15.1 Å². The summed E-state index contributed by atoms with van der Waals surface area (Å²) in [6.45, 7) is -0.195. The number of ether oxygens (including phenoxy) is 1. The number of carbonyl (C=O) groups excluding carboxylic acids is 1. The molecule has 0 N–H and O–H groups in total. The number of benzene rings is 1. The number of thioether (sulfide) groups is 1. The molecule has 0 unspecified atom stereocenters. The molecule has 3 aromatic rings. The van der Waals surface area contributed by atoms with Crippen LogP contribution in [0.4, 0.5) is 8.78 Å². The quantitative estimate of drug-likeness (QED) is 0.487. The maximum absolute atomic E-state index is 12.3. The van der Waals surface area contributed by atoms with Crippen molar-refractivity contribution in [2.24, 2.45) is 0 Å². The maximum atomic E-state index is 12.3. The van der Waals surface area contributed by atoms with Gasteiger partial charge in [-0.05, 0) is 36.4 Å². The van der Waals surface area contributed by atoms with Crippen molar-refractivity contribution in [3.8, 4) is 11.4 Å². The van der Waals surface area contributed by atoms with Crippen LogP contribution in [0, 0.1) is 0 Å². The van der Waals surface area contributed by atoms with E-state index in [1.54, 1.807) is 24.5 Å². The number of esters is 1. The van der Waals surface area contributed by atoms with Gasteiger partial charge in [-0.3, -0.25) is 4.98 Å². The molecular formula is C16H11F2N3O3S. The van der Waals surface area contributed by atoms with Crippen LogP contribution in [0.25, 0.3) is 11.4 Å². The second-order valence-electron chi connectivity index (χ2n) is 4.73. The predicted octanol–water partition coefficient (Wildman–Crippen LogP) is 3.80. The van der Waals surface area contributed by atoms with E-state index >= 15 is 0 Å². The van der Waals surface area contributed by atoms with Crippen LogP contribution in [0.2, 0.25) is 0 Å². The number of carbonyl (C=O) groups is 1. The number of hydrogen-bond donors (Lipinski definition) is 0. The van der Waals surface area contributed by atoms with Crippen molar-refractivity contribution in [1.82, 2.24) is 15.1 Å². The van der Waals surface area contributed by atoms with Crippen LogP contribution in [0.5, 0.6) is 0 Å². The zero-order chi connectivity index (χ0) is 17.6. The summed E-state index contributed by atoms with van der Waals surface area (Å²) < 4.78 is 34.6. The lowest BCUT2D eigenvalue weighted by Gasteiger charge is -2.03. The first kappa shape index (κ1) is 17.0. The van der Waals surface area contributed by atoms with Gasteiger partial charge in [0.15, 0.2) is 6.61 Å². The Morgan fingerprint density at radius 2 is 2.04 bits per heavy atom. The molecule has 9 heteroatoms. The molecule has 0 saturated carbocycles. The predicted molar refractivity (Wildman–Crippen MR) is 85.0 cm³/mol. The van der Waals surface area contributed by atoms with Gasteiger partial charge in [-0.2, -0.15) is 13.8 Å². The van der Waals surface area contributed by atoms with Gasteiger partial charge >= 0.3 is 5.97 Å². The monoisotopic (exact) mass is 363 g/mol. The SMILES string of the molecule is O=C(OCc1nc(-c2cccnc2)no1)c1ccc(SC(F)F)cc1. The lowest BCUT2D eigenvalue weighted by atomic mass is 10.2. The fourth-order valence-corrected chi connectivity index (χ4v) is 2.41. The molecule has 0 amide bonds. The van der Waals surface area contributed by atoms with Gasteiger partial charge in [0.1, 0.15) is 0 Å². The van der Waals surface area contributed by atoms with Crippen LogP contribution in [-0.4, -0.2) is 26.9 Å². The average molecular weight is 363 g/mol. The molecule has 2 aromatic heterocycles. The second-order valence-corrected chi connectivity index (χ2v) is 5.80. The van der Waals surface area contributed by atoms with E-state index in [9.17, 15) is 13.6 Å². The van der Waals surface area contributed by atoms with Gasteiger partial charge in [-0.25, -0.2) is 4.79 Å². The van der Waals surface area contributed by atoms with E-state index in [0.717, 1.165) is 0 Å². The zero-order valence-electron chi connectivity index (χ0n) is 12.6. The number of rotatable bonds is 6. The van der Waals surface area contributed by atoms with Gasteiger partial charge in [-0.15, -0.1) is 0 Å². The molecule has 0 saturated heterocycles. The first-order valence-corrected chi connectivity index (χ1v) is 7.95. The van der Waals surface area contributed by atoms with Crippen molar-refractivity contribution in [3.63, 3.8) is 0 Å². The van der Waals surface area contributed by atoms with Crippen molar-refractivity contribution in [2.75, 3.05) is 0 Å². The zero-order valence-corrected chi connectivity index (χ0v) is 13.5. The normalized spacial score (nSPS) is 10.8. The maximum Gasteiger partial charge on any atom is 0.338 e. The Balaban J connectivity index is 1.58. The minimum absolute atomic E-state index is 0.136. The summed E-state index contributed by atoms with van der Waals surface area (Å²) >= 11 is 0.406.